The van der Waals surface area contributed by atoms with Crippen molar-refractivity contribution in [3.05, 3.63) is 77.6 Å². The first kappa shape index (κ1) is 20.7. The van der Waals surface area contributed by atoms with Gasteiger partial charge in [-0.3, -0.25) is 4.79 Å². The number of hydrogen-bond donors (Lipinski definition) is 2. The third-order valence-electron chi connectivity index (χ3n) is 3.96. The molecule has 0 radical (unpaired) electrons. The normalized spacial score (nSPS) is 11.6. The van der Waals surface area contributed by atoms with Gasteiger partial charge >= 0.3 is 0 Å². The van der Waals surface area contributed by atoms with Gasteiger partial charge in [-0.05, 0) is 37.1 Å². The zero-order valence-corrected chi connectivity index (χ0v) is 17.1. The molecule has 0 bridgehead atoms. The van der Waals surface area contributed by atoms with Crippen molar-refractivity contribution in [2.75, 3.05) is 0 Å². The van der Waals surface area contributed by atoms with Crippen molar-refractivity contribution in [3.8, 4) is 5.69 Å². The first-order chi connectivity index (χ1) is 13.8. The molecular formula is C20H23N5O3S. The molecule has 1 heterocycles. The lowest BCUT2D eigenvalue weighted by Crippen LogP contribution is -2.31. The molecule has 1 amide bonds. The van der Waals surface area contributed by atoms with Crippen LogP contribution >= 0.6 is 0 Å². The highest BCUT2D eigenvalue weighted by Crippen LogP contribution is 2.09. The lowest BCUT2D eigenvalue weighted by molar-refractivity contribution is 0.0945. The van der Waals surface area contributed by atoms with Gasteiger partial charge in [0.2, 0.25) is 10.0 Å². The van der Waals surface area contributed by atoms with E-state index in [4.69, 9.17) is 0 Å². The zero-order chi connectivity index (χ0) is 20.9. The van der Waals surface area contributed by atoms with Crippen molar-refractivity contribution in [3.63, 3.8) is 0 Å². The lowest BCUT2D eigenvalue weighted by atomic mass is 10.1. The number of nitrogens with one attached hydrogen (secondary N) is 2. The molecule has 0 spiro atoms. The van der Waals surface area contributed by atoms with Crippen molar-refractivity contribution < 1.29 is 13.2 Å². The topological polar surface area (TPSA) is 106 Å². The lowest BCUT2D eigenvalue weighted by Gasteiger charge is -2.10. The monoisotopic (exact) mass is 413 g/mol. The molecule has 3 aromatic rings. The summed E-state index contributed by atoms with van der Waals surface area (Å²) >= 11 is 0. The van der Waals surface area contributed by atoms with Crippen molar-refractivity contribution in [1.29, 1.82) is 0 Å². The van der Waals surface area contributed by atoms with Crippen LogP contribution in [0.3, 0.4) is 0 Å². The van der Waals surface area contributed by atoms with Crippen LogP contribution in [-0.2, 0) is 22.3 Å². The molecule has 0 unspecified atom stereocenters. The standard InChI is InChI=1S/C20H23N5O3S/c1-15(2)24-29(27,28)14-17-10-8-16(9-11-17)12-21-20(26)19-13-22-25(23-19)18-6-4-3-5-7-18/h3-11,13,15,24H,12,14H2,1-2H3,(H,21,26). The van der Waals surface area contributed by atoms with E-state index in [-0.39, 0.29) is 23.4 Å². The minimum absolute atomic E-state index is 0.0829. The molecule has 0 fully saturated rings. The van der Waals surface area contributed by atoms with E-state index >= 15 is 0 Å². The van der Waals surface area contributed by atoms with E-state index in [0.29, 0.717) is 12.1 Å². The van der Waals surface area contributed by atoms with E-state index in [1.54, 1.807) is 38.1 Å². The van der Waals surface area contributed by atoms with Gasteiger partial charge in [-0.15, -0.1) is 5.10 Å². The molecule has 152 valence electrons. The molecule has 0 aliphatic heterocycles. The summed E-state index contributed by atoms with van der Waals surface area (Å²) < 4.78 is 26.5. The van der Waals surface area contributed by atoms with E-state index in [1.807, 2.05) is 30.3 Å². The maximum atomic E-state index is 12.3. The Morgan fingerprint density at radius 2 is 1.69 bits per heavy atom. The summed E-state index contributed by atoms with van der Waals surface area (Å²) in [5, 5.41) is 11.1. The molecule has 3 rings (SSSR count). The van der Waals surface area contributed by atoms with Gasteiger partial charge in [-0.2, -0.15) is 9.90 Å². The van der Waals surface area contributed by atoms with E-state index in [2.05, 4.69) is 20.2 Å². The summed E-state index contributed by atoms with van der Waals surface area (Å²) in [7, 11) is -3.37. The van der Waals surface area contributed by atoms with Gasteiger partial charge in [0.25, 0.3) is 5.91 Å². The summed E-state index contributed by atoms with van der Waals surface area (Å²) in [5.41, 5.74) is 2.52. The number of benzene rings is 2. The van der Waals surface area contributed by atoms with E-state index < -0.39 is 10.0 Å². The molecule has 2 N–H and O–H groups in total. The van der Waals surface area contributed by atoms with Crippen LogP contribution in [0.25, 0.3) is 5.69 Å². The minimum atomic E-state index is -3.37. The second-order valence-corrected chi connectivity index (χ2v) is 8.64. The van der Waals surface area contributed by atoms with E-state index in [9.17, 15) is 13.2 Å². The van der Waals surface area contributed by atoms with E-state index in [1.165, 1.54) is 11.0 Å². The Morgan fingerprint density at radius 1 is 1.03 bits per heavy atom. The number of para-hydroxylation sites is 1. The number of amides is 1. The molecule has 0 atom stereocenters. The number of rotatable bonds is 8. The highest BCUT2D eigenvalue weighted by Gasteiger charge is 2.14. The number of nitrogens with zero attached hydrogens (tertiary/aromatic N) is 3. The summed E-state index contributed by atoms with van der Waals surface area (Å²) in [6.45, 7) is 3.86. The SMILES string of the molecule is CC(C)NS(=O)(=O)Cc1ccc(CNC(=O)c2cnn(-c3ccccc3)n2)cc1. The van der Waals surface area contributed by atoms with Crippen molar-refractivity contribution >= 4 is 15.9 Å². The summed E-state index contributed by atoms with van der Waals surface area (Å²) in [6.07, 6.45) is 1.41. The number of sulfonamides is 1. The molecule has 0 aliphatic rings. The largest absolute Gasteiger partial charge is 0.347 e. The van der Waals surface area contributed by atoms with Gasteiger partial charge in [-0.25, -0.2) is 13.1 Å². The Balaban J connectivity index is 1.56. The van der Waals surface area contributed by atoms with Crippen LogP contribution in [0.4, 0.5) is 0 Å². The third kappa shape index (κ3) is 5.97. The minimum Gasteiger partial charge on any atom is -0.347 e. The molecule has 0 saturated carbocycles. The Kier molecular flexibility index (Phi) is 6.40. The molecular weight excluding hydrogens is 390 g/mol. The van der Waals surface area contributed by atoms with Gasteiger partial charge in [0, 0.05) is 12.6 Å². The van der Waals surface area contributed by atoms with Crippen LogP contribution in [-0.4, -0.2) is 35.4 Å². The maximum Gasteiger partial charge on any atom is 0.273 e. The molecule has 2 aromatic carbocycles. The van der Waals surface area contributed by atoms with Gasteiger partial charge in [0.1, 0.15) is 0 Å². The Labute approximate surface area is 170 Å². The summed E-state index contributed by atoms with van der Waals surface area (Å²) in [4.78, 5) is 13.7. The molecule has 0 saturated heterocycles. The number of carbonyl (C=O) groups excluding carboxylic acids is 1. The van der Waals surface area contributed by atoms with Crippen LogP contribution in [0.5, 0.6) is 0 Å². The fraction of sp³-hybridized carbons (Fsp3) is 0.250. The first-order valence-corrected chi connectivity index (χ1v) is 10.8. The highest BCUT2D eigenvalue weighted by atomic mass is 32.2. The van der Waals surface area contributed by atoms with Gasteiger partial charge in [0.05, 0.1) is 17.6 Å². The Hall–Kier alpha value is -3.04. The number of carbonyl (C=O) groups is 1. The average molecular weight is 414 g/mol. The highest BCUT2D eigenvalue weighted by molar-refractivity contribution is 7.88. The zero-order valence-electron chi connectivity index (χ0n) is 16.2. The molecule has 9 heteroatoms. The van der Waals surface area contributed by atoms with Gasteiger partial charge in [0.15, 0.2) is 5.69 Å². The molecule has 29 heavy (non-hydrogen) atoms. The predicted molar refractivity (Wildman–Crippen MR) is 110 cm³/mol. The van der Waals surface area contributed by atoms with Crippen molar-refractivity contribution in [1.82, 2.24) is 25.0 Å². The van der Waals surface area contributed by atoms with E-state index in [0.717, 1.165) is 11.3 Å². The Morgan fingerprint density at radius 3 is 2.34 bits per heavy atom. The van der Waals surface area contributed by atoms with Crippen LogP contribution in [0, 0.1) is 0 Å². The second kappa shape index (κ2) is 8.97. The fourth-order valence-corrected chi connectivity index (χ4v) is 4.13. The molecule has 0 aliphatic carbocycles. The van der Waals surface area contributed by atoms with Crippen molar-refractivity contribution in [2.24, 2.45) is 0 Å². The fourth-order valence-electron chi connectivity index (χ4n) is 2.70. The van der Waals surface area contributed by atoms with Crippen LogP contribution in [0.2, 0.25) is 0 Å². The molecule has 8 nitrogen and oxygen atoms in total. The van der Waals surface area contributed by atoms with Crippen LogP contribution in [0.15, 0.2) is 60.8 Å². The predicted octanol–water partition coefficient (Wildman–Crippen LogP) is 2.03. The summed E-state index contributed by atoms with van der Waals surface area (Å²) in [6, 6.07) is 16.2. The third-order valence-corrected chi connectivity index (χ3v) is 5.50. The maximum absolute atomic E-state index is 12.3. The second-order valence-electron chi connectivity index (χ2n) is 6.89. The molecule has 1 aromatic heterocycles. The van der Waals surface area contributed by atoms with Crippen LogP contribution < -0.4 is 10.0 Å². The summed E-state index contributed by atoms with van der Waals surface area (Å²) in [5.74, 6) is -0.416. The number of hydrogen-bond acceptors (Lipinski definition) is 5. The quantitative estimate of drug-likeness (QED) is 0.588. The van der Waals surface area contributed by atoms with Crippen LogP contribution in [0.1, 0.15) is 35.5 Å². The number of aromatic nitrogens is 3. The first-order valence-electron chi connectivity index (χ1n) is 9.16. The van der Waals surface area contributed by atoms with Gasteiger partial charge < -0.3 is 5.32 Å². The Bertz CT molecular complexity index is 1060. The van der Waals surface area contributed by atoms with Gasteiger partial charge in [-0.1, -0.05) is 42.5 Å². The average Bonchev–Trinajstić information content (AvgIpc) is 3.17. The van der Waals surface area contributed by atoms with Crippen molar-refractivity contribution in [2.45, 2.75) is 32.2 Å². The smallest absolute Gasteiger partial charge is 0.273 e.